The number of rotatable bonds is 7. The molecule has 5 nitrogen and oxygen atoms in total. The summed E-state index contributed by atoms with van der Waals surface area (Å²) in [5, 5.41) is 13.5. The van der Waals surface area contributed by atoms with Crippen molar-refractivity contribution >= 4 is 5.91 Å². The lowest BCUT2D eigenvalue weighted by Gasteiger charge is -2.33. The number of carbonyl (C=O) groups excluding carboxylic acids is 1. The lowest BCUT2D eigenvalue weighted by Crippen LogP contribution is -2.43. The molecule has 1 saturated carbocycles. The molecule has 2 aromatic carbocycles. The van der Waals surface area contributed by atoms with Gasteiger partial charge in [-0.2, -0.15) is 0 Å². The fourth-order valence-corrected chi connectivity index (χ4v) is 4.07. The number of amides is 1. The van der Waals surface area contributed by atoms with Crippen molar-refractivity contribution in [3.05, 3.63) is 59.7 Å². The monoisotopic (exact) mass is 421 g/mol. The van der Waals surface area contributed by atoms with E-state index in [0.29, 0.717) is 23.7 Å². The topological polar surface area (TPSA) is 67.8 Å². The molecule has 2 N–H and O–H groups in total. The van der Waals surface area contributed by atoms with Gasteiger partial charge in [-0.15, -0.1) is 5.92 Å². The van der Waals surface area contributed by atoms with Gasteiger partial charge < -0.3 is 19.9 Å². The molecule has 0 saturated heterocycles. The lowest BCUT2D eigenvalue weighted by atomic mass is 9.79. The third-order valence-corrected chi connectivity index (χ3v) is 5.67. The summed E-state index contributed by atoms with van der Waals surface area (Å²) in [7, 11) is 1.63. The standard InChI is InChI=1S/C26H31NO4/c1-3-4-10-17-31-23-16-15-20(18-24(23)30-2)21-13-8-9-14-22(21)27-26(29)25(28)19-11-6-5-7-12-19/h5-7,11-12,15-16,18,21-22,25,28H,3,8-9,13-14,17H2,1-2H3,(H,27,29)/t21-,22+,25?/m0/s1. The number of aliphatic hydroxyl groups excluding tert-OH is 1. The minimum atomic E-state index is -1.17. The summed E-state index contributed by atoms with van der Waals surface area (Å²) in [4.78, 5) is 12.7. The first-order valence-corrected chi connectivity index (χ1v) is 10.9. The molecule has 0 aromatic heterocycles. The maximum Gasteiger partial charge on any atom is 0.253 e. The molecule has 164 valence electrons. The fourth-order valence-electron chi connectivity index (χ4n) is 4.07. The Morgan fingerprint density at radius 1 is 1.13 bits per heavy atom. The average molecular weight is 422 g/mol. The van der Waals surface area contributed by atoms with Gasteiger partial charge in [0.1, 0.15) is 6.61 Å². The molecule has 1 fully saturated rings. The highest BCUT2D eigenvalue weighted by atomic mass is 16.5. The van der Waals surface area contributed by atoms with E-state index < -0.39 is 6.10 Å². The summed E-state index contributed by atoms with van der Waals surface area (Å²) >= 11 is 0. The van der Waals surface area contributed by atoms with Gasteiger partial charge in [0.25, 0.3) is 5.91 Å². The van der Waals surface area contributed by atoms with Crippen LogP contribution in [0.2, 0.25) is 0 Å². The Balaban J connectivity index is 1.73. The smallest absolute Gasteiger partial charge is 0.253 e. The molecule has 3 rings (SSSR count). The molecule has 1 aliphatic rings. The SMILES string of the molecule is CCC#CCOc1ccc([C@@H]2CCCC[C@H]2NC(=O)C(O)c2ccccc2)cc1OC. The molecule has 1 amide bonds. The molecule has 0 heterocycles. The summed E-state index contributed by atoms with van der Waals surface area (Å²) < 4.78 is 11.3. The first kappa shape index (κ1) is 22.7. The van der Waals surface area contributed by atoms with Crippen LogP contribution in [0, 0.1) is 11.8 Å². The van der Waals surface area contributed by atoms with Crippen LogP contribution in [0.3, 0.4) is 0 Å². The number of aliphatic hydroxyl groups is 1. The molecule has 1 aliphatic carbocycles. The Labute approximate surface area is 184 Å². The summed E-state index contributed by atoms with van der Waals surface area (Å²) in [5.41, 5.74) is 1.70. The van der Waals surface area contributed by atoms with Gasteiger partial charge in [0.05, 0.1) is 7.11 Å². The second kappa shape index (κ2) is 11.4. The highest BCUT2D eigenvalue weighted by Crippen LogP contribution is 2.37. The zero-order valence-corrected chi connectivity index (χ0v) is 18.3. The van der Waals surface area contributed by atoms with Crippen molar-refractivity contribution in [2.45, 2.75) is 57.1 Å². The van der Waals surface area contributed by atoms with E-state index in [-0.39, 0.29) is 17.9 Å². The van der Waals surface area contributed by atoms with Gasteiger partial charge in [0.2, 0.25) is 0 Å². The van der Waals surface area contributed by atoms with Gasteiger partial charge in [0.15, 0.2) is 17.6 Å². The van der Waals surface area contributed by atoms with E-state index in [1.165, 1.54) is 0 Å². The Bertz CT molecular complexity index is 916. The number of hydrogen-bond acceptors (Lipinski definition) is 4. The highest BCUT2D eigenvalue weighted by molar-refractivity contribution is 5.82. The van der Waals surface area contributed by atoms with Crippen LogP contribution < -0.4 is 14.8 Å². The van der Waals surface area contributed by atoms with Gasteiger partial charge >= 0.3 is 0 Å². The van der Waals surface area contributed by atoms with Gasteiger partial charge in [0, 0.05) is 18.4 Å². The van der Waals surface area contributed by atoms with Gasteiger partial charge in [-0.3, -0.25) is 4.79 Å². The van der Waals surface area contributed by atoms with E-state index in [9.17, 15) is 9.90 Å². The Morgan fingerprint density at radius 2 is 1.90 bits per heavy atom. The molecule has 1 unspecified atom stereocenters. The quantitative estimate of drug-likeness (QED) is 0.652. The number of benzene rings is 2. The molecule has 0 bridgehead atoms. The largest absolute Gasteiger partial charge is 0.493 e. The molecule has 0 aliphatic heterocycles. The van der Waals surface area contributed by atoms with Crippen LogP contribution in [0.5, 0.6) is 11.5 Å². The van der Waals surface area contributed by atoms with Crippen molar-refractivity contribution in [2.24, 2.45) is 0 Å². The molecular weight excluding hydrogens is 390 g/mol. The summed E-state index contributed by atoms with van der Waals surface area (Å²) in [6.07, 6.45) is 3.64. The normalized spacial score (nSPS) is 18.9. The van der Waals surface area contributed by atoms with E-state index >= 15 is 0 Å². The number of hydrogen-bond donors (Lipinski definition) is 2. The van der Waals surface area contributed by atoms with Gasteiger partial charge in [-0.25, -0.2) is 0 Å². The van der Waals surface area contributed by atoms with Crippen LogP contribution in [-0.4, -0.2) is 30.8 Å². The summed E-state index contributed by atoms with van der Waals surface area (Å²) in [6.45, 7) is 2.32. The van der Waals surface area contributed by atoms with Gasteiger partial charge in [-0.1, -0.05) is 62.1 Å². The number of ether oxygens (including phenoxy) is 2. The zero-order chi connectivity index (χ0) is 22.1. The number of carbonyl (C=O) groups is 1. The third-order valence-electron chi connectivity index (χ3n) is 5.67. The molecule has 5 heteroatoms. The maximum absolute atomic E-state index is 12.7. The predicted octanol–water partition coefficient (Wildman–Crippen LogP) is 4.36. The Kier molecular flexibility index (Phi) is 8.37. The van der Waals surface area contributed by atoms with E-state index in [1.54, 1.807) is 19.2 Å². The van der Waals surface area contributed by atoms with E-state index in [0.717, 1.165) is 37.7 Å². The molecule has 3 atom stereocenters. The average Bonchev–Trinajstić information content (AvgIpc) is 2.82. The highest BCUT2D eigenvalue weighted by Gasteiger charge is 2.30. The minimum absolute atomic E-state index is 0.0356. The summed E-state index contributed by atoms with van der Waals surface area (Å²) in [5.74, 6) is 7.08. The van der Waals surface area contributed by atoms with Crippen molar-refractivity contribution in [3.63, 3.8) is 0 Å². The first-order valence-electron chi connectivity index (χ1n) is 10.9. The number of methoxy groups -OCH3 is 1. The molecule has 2 aromatic rings. The van der Waals surface area contributed by atoms with Crippen molar-refractivity contribution in [2.75, 3.05) is 13.7 Å². The van der Waals surface area contributed by atoms with Crippen LogP contribution in [0.1, 0.15) is 62.2 Å². The zero-order valence-electron chi connectivity index (χ0n) is 18.3. The van der Waals surface area contributed by atoms with Gasteiger partial charge in [-0.05, 0) is 36.1 Å². The van der Waals surface area contributed by atoms with Crippen molar-refractivity contribution < 1.29 is 19.4 Å². The predicted molar refractivity (Wildman–Crippen MR) is 121 cm³/mol. The second-order valence-corrected chi connectivity index (χ2v) is 7.73. The van der Waals surface area contributed by atoms with E-state index in [1.807, 2.05) is 43.3 Å². The Hall–Kier alpha value is -2.97. The maximum atomic E-state index is 12.7. The molecule has 0 spiro atoms. The van der Waals surface area contributed by atoms with Crippen LogP contribution in [0.25, 0.3) is 0 Å². The minimum Gasteiger partial charge on any atom is -0.493 e. The Morgan fingerprint density at radius 3 is 2.65 bits per heavy atom. The third kappa shape index (κ3) is 6.02. The fraction of sp³-hybridized carbons (Fsp3) is 0.423. The second-order valence-electron chi connectivity index (χ2n) is 7.73. The lowest BCUT2D eigenvalue weighted by molar-refractivity contribution is -0.130. The van der Waals surface area contributed by atoms with Crippen molar-refractivity contribution in [1.82, 2.24) is 5.32 Å². The molecule has 31 heavy (non-hydrogen) atoms. The first-order chi connectivity index (χ1) is 15.1. The molecule has 0 radical (unpaired) electrons. The van der Waals surface area contributed by atoms with Crippen LogP contribution in [0.4, 0.5) is 0 Å². The van der Waals surface area contributed by atoms with E-state index in [2.05, 4.69) is 17.2 Å². The van der Waals surface area contributed by atoms with Crippen molar-refractivity contribution in [1.29, 1.82) is 0 Å². The van der Waals surface area contributed by atoms with Crippen LogP contribution in [-0.2, 0) is 4.79 Å². The summed E-state index contributed by atoms with van der Waals surface area (Å²) in [6, 6.07) is 14.9. The van der Waals surface area contributed by atoms with Crippen LogP contribution in [0.15, 0.2) is 48.5 Å². The van der Waals surface area contributed by atoms with Crippen molar-refractivity contribution in [3.8, 4) is 23.3 Å². The molecular formula is C26H31NO4. The van der Waals surface area contributed by atoms with E-state index in [4.69, 9.17) is 9.47 Å². The number of nitrogens with one attached hydrogen (secondary N) is 1. The van der Waals surface area contributed by atoms with Crippen LogP contribution >= 0.6 is 0 Å².